The van der Waals surface area contributed by atoms with E-state index in [0.29, 0.717) is 5.76 Å². The molecule has 0 fully saturated rings. The predicted octanol–water partition coefficient (Wildman–Crippen LogP) is 3.87. The van der Waals surface area contributed by atoms with E-state index in [4.69, 9.17) is 9.15 Å². The van der Waals surface area contributed by atoms with E-state index in [2.05, 4.69) is 4.98 Å². The fourth-order valence-electron chi connectivity index (χ4n) is 2.85. The van der Waals surface area contributed by atoms with Crippen LogP contribution >= 0.6 is 0 Å². The van der Waals surface area contributed by atoms with Gasteiger partial charge in [-0.2, -0.15) is 4.31 Å². The molecule has 0 aliphatic heterocycles. The molecule has 0 aliphatic carbocycles. The number of rotatable bonds is 8. The molecule has 7 nitrogen and oxygen atoms in total. The Morgan fingerprint density at radius 3 is 2.50 bits per heavy atom. The van der Waals surface area contributed by atoms with Crippen LogP contribution in [0, 0.1) is 5.82 Å². The average molecular weight is 432 g/mol. The summed E-state index contributed by atoms with van der Waals surface area (Å²) >= 11 is 0. The highest BCUT2D eigenvalue weighted by Gasteiger charge is 2.25. The largest absolute Gasteiger partial charge is 0.452 e. The average Bonchev–Trinajstić information content (AvgIpc) is 3.22. The number of hydrogen-bond donors (Lipinski definition) is 0. The van der Waals surface area contributed by atoms with Crippen molar-refractivity contribution in [3.8, 4) is 11.3 Å². The van der Waals surface area contributed by atoms with Gasteiger partial charge in [-0.3, -0.25) is 0 Å². The first kappa shape index (κ1) is 21.7. The van der Waals surface area contributed by atoms with Gasteiger partial charge < -0.3 is 9.15 Å². The zero-order chi connectivity index (χ0) is 21.7. The molecule has 1 heterocycles. The van der Waals surface area contributed by atoms with Crippen molar-refractivity contribution in [3.05, 3.63) is 72.0 Å². The van der Waals surface area contributed by atoms with Gasteiger partial charge in [-0.25, -0.2) is 22.6 Å². The molecule has 1 aromatic heterocycles. The third-order valence-electron chi connectivity index (χ3n) is 4.44. The van der Waals surface area contributed by atoms with Crippen LogP contribution < -0.4 is 0 Å². The number of oxazole rings is 1. The van der Waals surface area contributed by atoms with Crippen molar-refractivity contribution >= 4 is 16.0 Å². The summed E-state index contributed by atoms with van der Waals surface area (Å²) in [7, 11) is -3.84. The highest BCUT2D eigenvalue weighted by Crippen LogP contribution is 2.22. The highest BCUT2D eigenvalue weighted by atomic mass is 32.2. The van der Waals surface area contributed by atoms with Crippen molar-refractivity contribution in [2.45, 2.75) is 25.3 Å². The number of esters is 1. The van der Waals surface area contributed by atoms with Crippen LogP contribution in [0.2, 0.25) is 0 Å². The maximum Gasteiger partial charge on any atom is 0.341 e. The minimum Gasteiger partial charge on any atom is -0.452 e. The molecule has 0 N–H and O–H groups in total. The minimum absolute atomic E-state index is 0.134. The highest BCUT2D eigenvalue weighted by molar-refractivity contribution is 7.89. The molecule has 0 saturated carbocycles. The van der Waals surface area contributed by atoms with E-state index in [0.717, 1.165) is 23.8 Å². The summed E-state index contributed by atoms with van der Waals surface area (Å²) in [5, 5.41) is 0. The van der Waals surface area contributed by atoms with Crippen molar-refractivity contribution in [2.24, 2.45) is 0 Å². The Morgan fingerprint density at radius 1 is 1.13 bits per heavy atom. The number of nitrogens with zero attached hydrogens (tertiary/aromatic N) is 2. The SMILES string of the molecule is CCN(CC)S(=O)(=O)c1ccc(F)c(C(=O)OCc2ncc(-c3ccccc3)o2)c1. The van der Waals surface area contributed by atoms with E-state index in [1.54, 1.807) is 13.8 Å². The number of sulfonamides is 1. The van der Waals surface area contributed by atoms with Gasteiger partial charge in [0.05, 0.1) is 16.7 Å². The van der Waals surface area contributed by atoms with Crippen molar-refractivity contribution in [3.63, 3.8) is 0 Å². The number of benzene rings is 2. The summed E-state index contributed by atoms with van der Waals surface area (Å²) in [6.07, 6.45) is 1.50. The van der Waals surface area contributed by atoms with Crippen LogP contribution in [0.3, 0.4) is 0 Å². The maximum absolute atomic E-state index is 14.2. The molecule has 0 saturated heterocycles. The van der Waals surface area contributed by atoms with Gasteiger partial charge in [0.2, 0.25) is 15.9 Å². The second kappa shape index (κ2) is 9.19. The molecular weight excluding hydrogens is 411 g/mol. The summed E-state index contributed by atoms with van der Waals surface area (Å²) in [6.45, 7) is 3.57. The van der Waals surface area contributed by atoms with Gasteiger partial charge in [0.1, 0.15) is 5.82 Å². The Kier molecular flexibility index (Phi) is 6.63. The van der Waals surface area contributed by atoms with E-state index in [1.807, 2.05) is 30.3 Å². The summed E-state index contributed by atoms with van der Waals surface area (Å²) in [5.41, 5.74) is 0.334. The number of carbonyl (C=O) groups is 1. The zero-order valence-electron chi connectivity index (χ0n) is 16.5. The lowest BCUT2D eigenvalue weighted by atomic mass is 10.2. The zero-order valence-corrected chi connectivity index (χ0v) is 17.4. The summed E-state index contributed by atoms with van der Waals surface area (Å²) in [5.74, 6) is -1.26. The Hall–Kier alpha value is -3.04. The van der Waals surface area contributed by atoms with Crippen LogP contribution in [0.4, 0.5) is 4.39 Å². The molecule has 3 aromatic rings. The van der Waals surface area contributed by atoms with Crippen LogP contribution in [-0.4, -0.2) is 36.8 Å². The van der Waals surface area contributed by atoms with Crippen LogP contribution in [0.25, 0.3) is 11.3 Å². The molecule has 2 aromatic carbocycles. The summed E-state index contributed by atoms with van der Waals surface area (Å²) < 4.78 is 51.3. The third kappa shape index (κ3) is 4.58. The minimum atomic E-state index is -3.84. The van der Waals surface area contributed by atoms with Gasteiger partial charge in [-0.15, -0.1) is 0 Å². The third-order valence-corrected chi connectivity index (χ3v) is 6.49. The van der Waals surface area contributed by atoms with Gasteiger partial charge >= 0.3 is 5.97 Å². The van der Waals surface area contributed by atoms with E-state index >= 15 is 0 Å². The number of carbonyl (C=O) groups excluding carboxylic acids is 1. The molecule has 3 rings (SSSR count). The Labute approximate surface area is 174 Å². The van der Waals surface area contributed by atoms with Crippen LogP contribution in [0.5, 0.6) is 0 Å². The molecule has 30 heavy (non-hydrogen) atoms. The normalized spacial score (nSPS) is 11.6. The molecule has 0 amide bonds. The Morgan fingerprint density at radius 2 is 1.83 bits per heavy atom. The maximum atomic E-state index is 14.2. The Bertz CT molecular complexity index is 1130. The van der Waals surface area contributed by atoms with Crippen LogP contribution in [0.15, 0.2) is 64.0 Å². The molecule has 0 spiro atoms. The van der Waals surface area contributed by atoms with E-state index < -0.39 is 27.4 Å². The quantitative estimate of drug-likeness (QED) is 0.502. The number of ether oxygens (including phenoxy) is 1. The molecule has 9 heteroatoms. The predicted molar refractivity (Wildman–Crippen MR) is 108 cm³/mol. The molecule has 0 atom stereocenters. The first-order valence-corrected chi connectivity index (χ1v) is 10.8. The lowest BCUT2D eigenvalue weighted by Crippen LogP contribution is -2.30. The second-order valence-corrected chi connectivity index (χ2v) is 8.23. The van der Waals surface area contributed by atoms with Crippen molar-refractivity contribution in [2.75, 3.05) is 13.1 Å². The van der Waals surface area contributed by atoms with Gasteiger partial charge in [0.15, 0.2) is 12.4 Å². The number of hydrogen-bond acceptors (Lipinski definition) is 6. The fraction of sp³-hybridized carbons (Fsp3) is 0.238. The van der Waals surface area contributed by atoms with Gasteiger partial charge in [0.25, 0.3) is 0 Å². The molecule has 0 radical (unpaired) electrons. The number of aromatic nitrogens is 1. The summed E-state index contributed by atoms with van der Waals surface area (Å²) in [6, 6.07) is 12.3. The Balaban J connectivity index is 1.75. The topological polar surface area (TPSA) is 89.7 Å². The molecule has 0 bridgehead atoms. The molecule has 158 valence electrons. The van der Waals surface area contributed by atoms with E-state index in [1.165, 1.54) is 10.5 Å². The van der Waals surface area contributed by atoms with E-state index in [-0.39, 0.29) is 30.5 Å². The van der Waals surface area contributed by atoms with Crippen molar-refractivity contribution in [1.82, 2.24) is 9.29 Å². The van der Waals surface area contributed by atoms with Crippen LogP contribution in [-0.2, 0) is 21.4 Å². The fourth-order valence-corrected chi connectivity index (χ4v) is 4.34. The van der Waals surface area contributed by atoms with Crippen LogP contribution in [0.1, 0.15) is 30.1 Å². The van der Waals surface area contributed by atoms with Gasteiger partial charge in [-0.05, 0) is 18.2 Å². The van der Waals surface area contributed by atoms with E-state index in [9.17, 15) is 17.6 Å². The first-order chi connectivity index (χ1) is 14.4. The van der Waals surface area contributed by atoms with Gasteiger partial charge in [0, 0.05) is 18.7 Å². The molecular formula is C21H21FN2O5S. The molecule has 0 aliphatic rings. The molecule has 0 unspecified atom stereocenters. The van der Waals surface area contributed by atoms with Crippen molar-refractivity contribution in [1.29, 1.82) is 0 Å². The lowest BCUT2D eigenvalue weighted by molar-refractivity contribution is 0.0433. The lowest BCUT2D eigenvalue weighted by Gasteiger charge is -2.18. The smallest absolute Gasteiger partial charge is 0.341 e. The number of halogens is 1. The monoisotopic (exact) mass is 432 g/mol. The van der Waals surface area contributed by atoms with Crippen molar-refractivity contribution < 1.29 is 26.8 Å². The summed E-state index contributed by atoms with van der Waals surface area (Å²) in [4.78, 5) is 16.2. The first-order valence-electron chi connectivity index (χ1n) is 9.33. The standard InChI is InChI=1S/C21H21FN2O5S/c1-3-24(4-2)30(26,27)16-10-11-18(22)17(12-16)21(25)28-14-20-23-13-19(29-20)15-8-6-5-7-9-15/h5-13H,3-4,14H2,1-2H3. The second-order valence-electron chi connectivity index (χ2n) is 6.29. The van der Waals surface area contributed by atoms with Gasteiger partial charge in [-0.1, -0.05) is 44.2 Å².